The number of hydrogen-bond donors (Lipinski definition) is 2. The van der Waals surface area contributed by atoms with E-state index in [9.17, 15) is 4.79 Å². The van der Waals surface area contributed by atoms with Crippen LogP contribution in [0.4, 0.5) is 0 Å². The predicted octanol–water partition coefficient (Wildman–Crippen LogP) is 1.62. The summed E-state index contributed by atoms with van der Waals surface area (Å²) < 4.78 is 2.05. The monoisotopic (exact) mass is 251 g/mol. The molecule has 0 radical (unpaired) electrons. The Hall–Kier alpha value is -1.29. The second kappa shape index (κ2) is 7.93. The molecule has 0 aliphatic rings. The van der Waals surface area contributed by atoms with E-state index in [-0.39, 0.29) is 5.91 Å². The summed E-state index contributed by atoms with van der Waals surface area (Å²) in [6, 6.07) is 3.96. The molecular formula is C14H25N3O. The fourth-order valence-corrected chi connectivity index (χ4v) is 2.11. The van der Waals surface area contributed by atoms with Crippen molar-refractivity contribution in [3.05, 3.63) is 24.5 Å². The van der Waals surface area contributed by atoms with Gasteiger partial charge in [-0.25, -0.2) is 0 Å². The van der Waals surface area contributed by atoms with E-state index in [1.807, 2.05) is 24.5 Å². The number of aromatic nitrogens is 1. The Kier molecular flexibility index (Phi) is 6.50. The maximum atomic E-state index is 11.7. The first kappa shape index (κ1) is 14.8. The second-order valence-corrected chi connectivity index (χ2v) is 5.21. The predicted molar refractivity (Wildman–Crippen MR) is 74.1 cm³/mol. The fourth-order valence-electron chi connectivity index (χ4n) is 2.11. The number of nitrogens with zero attached hydrogens (tertiary/aromatic N) is 1. The lowest BCUT2D eigenvalue weighted by Gasteiger charge is -2.16. The van der Waals surface area contributed by atoms with Crippen molar-refractivity contribution < 1.29 is 4.79 Å². The van der Waals surface area contributed by atoms with Gasteiger partial charge in [-0.05, 0) is 36.9 Å². The van der Waals surface area contributed by atoms with Crippen molar-refractivity contribution in [2.75, 3.05) is 13.1 Å². The highest BCUT2D eigenvalue weighted by molar-refractivity contribution is 5.76. The van der Waals surface area contributed by atoms with E-state index in [1.54, 1.807) is 0 Å². The molecule has 4 heteroatoms. The molecule has 0 fully saturated rings. The third-order valence-electron chi connectivity index (χ3n) is 2.97. The van der Waals surface area contributed by atoms with Gasteiger partial charge < -0.3 is 15.6 Å². The molecule has 1 heterocycles. The van der Waals surface area contributed by atoms with E-state index in [1.165, 1.54) is 0 Å². The van der Waals surface area contributed by atoms with Gasteiger partial charge in [0.2, 0.25) is 5.91 Å². The SMILES string of the molecule is CC(C)CC(CN)CC(=O)NCCn1cccc1. The zero-order valence-corrected chi connectivity index (χ0v) is 11.4. The van der Waals surface area contributed by atoms with E-state index in [2.05, 4.69) is 23.7 Å². The molecule has 0 aliphatic carbocycles. The average Bonchev–Trinajstić information content (AvgIpc) is 2.80. The molecule has 1 rings (SSSR count). The second-order valence-electron chi connectivity index (χ2n) is 5.21. The zero-order chi connectivity index (χ0) is 13.4. The summed E-state index contributed by atoms with van der Waals surface area (Å²) >= 11 is 0. The molecule has 18 heavy (non-hydrogen) atoms. The number of carbonyl (C=O) groups excluding carboxylic acids is 1. The van der Waals surface area contributed by atoms with Crippen molar-refractivity contribution in [2.24, 2.45) is 17.6 Å². The molecule has 1 unspecified atom stereocenters. The Balaban J connectivity index is 2.19. The van der Waals surface area contributed by atoms with Crippen LogP contribution in [0, 0.1) is 11.8 Å². The number of amides is 1. The molecule has 4 nitrogen and oxygen atoms in total. The van der Waals surface area contributed by atoms with Gasteiger partial charge in [-0.2, -0.15) is 0 Å². The molecule has 102 valence electrons. The topological polar surface area (TPSA) is 60.1 Å². The first-order valence-electron chi connectivity index (χ1n) is 6.69. The Morgan fingerprint density at radius 1 is 1.33 bits per heavy atom. The normalized spacial score (nSPS) is 12.7. The van der Waals surface area contributed by atoms with E-state index in [4.69, 9.17) is 5.73 Å². The quantitative estimate of drug-likeness (QED) is 0.737. The van der Waals surface area contributed by atoms with Gasteiger partial charge in [0.1, 0.15) is 0 Å². The lowest BCUT2D eigenvalue weighted by atomic mass is 9.94. The summed E-state index contributed by atoms with van der Waals surface area (Å²) in [5, 5.41) is 2.94. The van der Waals surface area contributed by atoms with Crippen molar-refractivity contribution in [1.29, 1.82) is 0 Å². The molecular weight excluding hydrogens is 226 g/mol. The van der Waals surface area contributed by atoms with Gasteiger partial charge in [-0.1, -0.05) is 13.8 Å². The van der Waals surface area contributed by atoms with Crippen LogP contribution in [0.3, 0.4) is 0 Å². The molecule has 0 spiro atoms. The molecule has 0 bridgehead atoms. The van der Waals surface area contributed by atoms with Gasteiger partial charge in [0, 0.05) is 31.9 Å². The summed E-state index contributed by atoms with van der Waals surface area (Å²) in [5.74, 6) is 1.00. The lowest BCUT2D eigenvalue weighted by Crippen LogP contribution is -2.31. The van der Waals surface area contributed by atoms with Crippen molar-refractivity contribution in [1.82, 2.24) is 9.88 Å². The first-order chi connectivity index (χ1) is 8.61. The van der Waals surface area contributed by atoms with Crippen LogP contribution in [0.15, 0.2) is 24.5 Å². The van der Waals surface area contributed by atoms with Crippen molar-refractivity contribution in [3.63, 3.8) is 0 Å². The number of nitrogens with one attached hydrogen (secondary N) is 1. The highest BCUT2D eigenvalue weighted by Gasteiger charge is 2.13. The number of hydrogen-bond acceptors (Lipinski definition) is 2. The summed E-state index contributed by atoms with van der Waals surface area (Å²) in [6.45, 7) is 6.39. The molecule has 1 aromatic rings. The third-order valence-corrected chi connectivity index (χ3v) is 2.97. The highest BCUT2D eigenvalue weighted by Crippen LogP contribution is 2.13. The van der Waals surface area contributed by atoms with Crippen LogP contribution in [0.25, 0.3) is 0 Å². The van der Waals surface area contributed by atoms with Gasteiger partial charge in [-0.15, -0.1) is 0 Å². The maximum Gasteiger partial charge on any atom is 0.220 e. The van der Waals surface area contributed by atoms with Crippen molar-refractivity contribution in [3.8, 4) is 0 Å². The van der Waals surface area contributed by atoms with E-state index >= 15 is 0 Å². The summed E-state index contributed by atoms with van der Waals surface area (Å²) in [6.07, 6.45) is 5.54. The molecule has 0 saturated carbocycles. The van der Waals surface area contributed by atoms with Crippen molar-refractivity contribution >= 4 is 5.91 Å². The molecule has 1 aromatic heterocycles. The van der Waals surface area contributed by atoms with Gasteiger partial charge in [-0.3, -0.25) is 4.79 Å². The van der Waals surface area contributed by atoms with Crippen LogP contribution in [0.1, 0.15) is 26.7 Å². The molecule has 0 aromatic carbocycles. The smallest absolute Gasteiger partial charge is 0.220 e. The van der Waals surface area contributed by atoms with E-state index in [0.29, 0.717) is 31.3 Å². The Morgan fingerprint density at radius 3 is 2.56 bits per heavy atom. The van der Waals surface area contributed by atoms with Gasteiger partial charge in [0.15, 0.2) is 0 Å². The minimum Gasteiger partial charge on any atom is -0.354 e. The molecule has 1 atom stereocenters. The van der Waals surface area contributed by atoms with Gasteiger partial charge >= 0.3 is 0 Å². The summed E-state index contributed by atoms with van der Waals surface area (Å²) in [5.41, 5.74) is 5.69. The van der Waals surface area contributed by atoms with Crippen LogP contribution in [-0.4, -0.2) is 23.6 Å². The number of nitrogens with two attached hydrogens (primary N) is 1. The standard InChI is InChI=1S/C14H25N3O/c1-12(2)9-13(11-15)10-14(18)16-5-8-17-6-3-4-7-17/h3-4,6-7,12-13H,5,8-11,15H2,1-2H3,(H,16,18). The average molecular weight is 251 g/mol. The fraction of sp³-hybridized carbons (Fsp3) is 0.643. The molecule has 3 N–H and O–H groups in total. The molecule has 0 saturated heterocycles. The van der Waals surface area contributed by atoms with Gasteiger partial charge in [0.05, 0.1) is 0 Å². The van der Waals surface area contributed by atoms with E-state index in [0.717, 1.165) is 13.0 Å². The largest absolute Gasteiger partial charge is 0.354 e. The summed E-state index contributed by atoms with van der Waals surface area (Å²) in [7, 11) is 0. The number of carbonyl (C=O) groups is 1. The minimum atomic E-state index is 0.109. The molecule has 0 aliphatic heterocycles. The van der Waals surface area contributed by atoms with Crippen LogP contribution < -0.4 is 11.1 Å². The van der Waals surface area contributed by atoms with E-state index < -0.39 is 0 Å². The third kappa shape index (κ3) is 5.87. The van der Waals surface area contributed by atoms with Crippen molar-refractivity contribution in [2.45, 2.75) is 33.2 Å². The number of rotatable bonds is 8. The highest BCUT2D eigenvalue weighted by atomic mass is 16.1. The van der Waals surface area contributed by atoms with Crippen LogP contribution in [-0.2, 0) is 11.3 Å². The Labute approximate surface area is 110 Å². The Morgan fingerprint density at radius 2 is 2.00 bits per heavy atom. The Bertz CT molecular complexity index is 333. The minimum absolute atomic E-state index is 0.109. The first-order valence-corrected chi connectivity index (χ1v) is 6.69. The van der Waals surface area contributed by atoms with Crippen LogP contribution >= 0.6 is 0 Å². The van der Waals surface area contributed by atoms with Crippen LogP contribution in [0.2, 0.25) is 0 Å². The zero-order valence-electron chi connectivity index (χ0n) is 11.4. The van der Waals surface area contributed by atoms with Crippen LogP contribution in [0.5, 0.6) is 0 Å². The van der Waals surface area contributed by atoms with Gasteiger partial charge in [0.25, 0.3) is 0 Å². The maximum absolute atomic E-state index is 11.7. The summed E-state index contributed by atoms with van der Waals surface area (Å²) in [4.78, 5) is 11.7. The lowest BCUT2D eigenvalue weighted by molar-refractivity contribution is -0.122. The molecule has 1 amide bonds.